The molecule has 0 fully saturated rings. The zero-order valence-electron chi connectivity index (χ0n) is 16.2. The maximum Gasteiger partial charge on any atom is 0.261 e. The second-order valence-electron chi connectivity index (χ2n) is 6.99. The van der Waals surface area contributed by atoms with Gasteiger partial charge in [-0.15, -0.1) is 0 Å². The van der Waals surface area contributed by atoms with E-state index in [4.69, 9.17) is 0 Å². The predicted molar refractivity (Wildman–Crippen MR) is 107 cm³/mol. The molecule has 0 saturated heterocycles. The summed E-state index contributed by atoms with van der Waals surface area (Å²) in [6, 6.07) is 6.54. The number of hydrogen-bond acceptors (Lipinski definition) is 4. The van der Waals surface area contributed by atoms with Crippen molar-refractivity contribution >= 4 is 35.0 Å². The van der Waals surface area contributed by atoms with Crippen molar-refractivity contribution in [2.75, 3.05) is 9.80 Å². The van der Waals surface area contributed by atoms with Gasteiger partial charge >= 0.3 is 0 Å². The van der Waals surface area contributed by atoms with Gasteiger partial charge in [0.1, 0.15) is 0 Å². The third-order valence-electron chi connectivity index (χ3n) is 4.95. The summed E-state index contributed by atoms with van der Waals surface area (Å²) in [4.78, 5) is 52.8. The van der Waals surface area contributed by atoms with E-state index < -0.39 is 11.8 Å². The molecule has 1 aromatic carbocycles. The Kier molecular flexibility index (Phi) is 5.87. The number of para-hydroxylation sites is 2. The van der Waals surface area contributed by atoms with Crippen molar-refractivity contribution in [3.05, 3.63) is 47.6 Å². The maximum absolute atomic E-state index is 12.8. The molecular formula is C22H24N2O4. The minimum absolute atomic E-state index is 0.257. The molecule has 1 aromatic rings. The number of imide groups is 2. The van der Waals surface area contributed by atoms with Crippen LogP contribution in [0.25, 0.3) is 0 Å². The minimum Gasteiger partial charge on any atom is -0.269 e. The molecule has 0 N–H and O–H groups in total. The van der Waals surface area contributed by atoms with Crippen molar-refractivity contribution in [3.63, 3.8) is 0 Å². The highest BCUT2D eigenvalue weighted by atomic mass is 16.2. The molecule has 2 aliphatic rings. The lowest BCUT2D eigenvalue weighted by Crippen LogP contribution is -2.36. The molecule has 0 radical (unpaired) electrons. The van der Waals surface area contributed by atoms with Crippen LogP contribution in [0.15, 0.2) is 47.6 Å². The number of hydrogen-bond donors (Lipinski definition) is 0. The summed E-state index contributed by atoms with van der Waals surface area (Å²) < 4.78 is 0. The van der Waals surface area contributed by atoms with E-state index in [1.54, 1.807) is 24.3 Å². The van der Waals surface area contributed by atoms with Crippen LogP contribution < -0.4 is 9.80 Å². The molecule has 2 heterocycles. The maximum atomic E-state index is 12.8. The highest BCUT2D eigenvalue weighted by Gasteiger charge is 2.38. The number of unbranched alkanes of at least 4 members (excludes halogenated alkanes) is 2. The van der Waals surface area contributed by atoms with Crippen molar-refractivity contribution in [1.29, 1.82) is 0 Å². The lowest BCUT2D eigenvalue weighted by Gasteiger charge is -2.23. The van der Waals surface area contributed by atoms with Gasteiger partial charge in [0.2, 0.25) is 0 Å². The molecule has 0 atom stereocenters. The molecule has 0 bridgehead atoms. The van der Waals surface area contributed by atoms with E-state index in [1.165, 1.54) is 12.2 Å². The fourth-order valence-corrected chi connectivity index (χ4v) is 3.43. The summed E-state index contributed by atoms with van der Waals surface area (Å²) in [7, 11) is 0. The summed E-state index contributed by atoms with van der Waals surface area (Å²) >= 11 is 0. The van der Waals surface area contributed by atoms with Gasteiger partial charge in [0.05, 0.1) is 11.4 Å². The van der Waals surface area contributed by atoms with E-state index in [-0.39, 0.29) is 23.2 Å². The molecule has 4 amide bonds. The van der Waals surface area contributed by atoms with Crippen LogP contribution in [0.2, 0.25) is 0 Å². The number of benzene rings is 1. The zero-order valence-corrected chi connectivity index (χ0v) is 16.2. The molecule has 0 saturated carbocycles. The van der Waals surface area contributed by atoms with Gasteiger partial charge in [-0.05, 0) is 37.8 Å². The van der Waals surface area contributed by atoms with Gasteiger partial charge in [-0.2, -0.15) is 0 Å². The molecule has 0 spiro atoms. The third-order valence-corrected chi connectivity index (χ3v) is 4.95. The Labute approximate surface area is 164 Å². The largest absolute Gasteiger partial charge is 0.269 e. The summed E-state index contributed by atoms with van der Waals surface area (Å²) in [6.45, 7) is 4.03. The van der Waals surface area contributed by atoms with Gasteiger partial charge in [0.25, 0.3) is 23.6 Å². The van der Waals surface area contributed by atoms with Crippen molar-refractivity contribution in [2.24, 2.45) is 0 Å². The van der Waals surface area contributed by atoms with Crippen LogP contribution in [0.3, 0.4) is 0 Å². The fraction of sp³-hybridized carbons (Fsp3) is 0.364. The molecule has 146 valence electrons. The zero-order chi connectivity index (χ0) is 20.3. The van der Waals surface area contributed by atoms with E-state index in [0.717, 1.165) is 35.5 Å². The molecule has 2 aliphatic heterocycles. The van der Waals surface area contributed by atoms with Crippen LogP contribution in [0.4, 0.5) is 11.4 Å². The van der Waals surface area contributed by atoms with Gasteiger partial charge in [-0.25, -0.2) is 9.80 Å². The second kappa shape index (κ2) is 8.33. The van der Waals surface area contributed by atoms with Crippen LogP contribution in [0, 0.1) is 0 Å². The third kappa shape index (κ3) is 3.54. The Morgan fingerprint density at radius 3 is 1.43 bits per heavy atom. The Morgan fingerprint density at radius 1 is 0.679 bits per heavy atom. The molecule has 0 unspecified atom stereocenters. The standard InChI is InChI=1S/C22H24N2O4/c1-3-5-9-15-13-19(25)23(21(15)27)17-11-7-8-12-18(17)24-20(26)14-16(22(24)28)10-6-4-2/h7-8,11-14H,3-6,9-10H2,1-2H3. The average molecular weight is 380 g/mol. The van der Waals surface area contributed by atoms with E-state index in [9.17, 15) is 19.2 Å². The van der Waals surface area contributed by atoms with Gasteiger partial charge in [-0.3, -0.25) is 19.2 Å². The molecule has 28 heavy (non-hydrogen) atoms. The summed E-state index contributed by atoms with van der Waals surface area (Å²) in [5.41, 5.74) is 1.43. The molecule has 0 aliphatic carbocycles. The Balaban J connectivity index is 1.91. The quantitative estimate of drug-likeness (QED) is 0.645. The van der Waals surface area contributed by atoms with Crippen molar-refractivity contribution in [1.82, 2.24) is 0 Å². The summed E-state index contributed by atoms with van der Waals surface area (Å²) in [5, 5.41) is 0. The highest BCUT2D eigenvalue weighted by molar-refractivity contribution is 6.35. The van der Waals surface area contributed by atoms with Crippen LogP contribution in [0.1, 0.15) is 52.4 Å². The Bertz CT molecular complexity index is 825. The van der Waals surface area contributed by atoms with E-state index >= 15 is 0 Å². The molecular weight excluding hydrogens is 356 g/mol. The normalized spacial score (nSPS) is 16.9. The molecule has 6 heteroatoms. The smallest absolute Gasteiger partial charge is 0.261 e. The first-order valence-corrected chi connectivity index (χ1v) is 9.76. The number of nitrogens with zero attached hydrogens (tertiary/aromatic N) is 2. The average Bonchev–Trinajstić information content (AvgIpc) is 3.12. The topological polar surface area (TPSA) is 74.8 Å². The van der Waals surface area contributed by atoms with Crippen LogP contribution in [-0.2, 0) is 19.2 Å². The lowest BCUT2D eigenvalue weighted by molar-refractivity contribution is -0.122. The highest BCUT2D eigenvalue weighted by Crippen LogP contribution is 2.36. The van der Waals surface area contributed by atoms with Crippen molar-refractivity contribution in [3.8, 4) is 0 Å². The second-order valence-corrected chi connectivity index (χ2v) is 6.99. The van der Waals surface area contributed by atoms with Crippen LogP contribution in [-0.4, -0.2) is 23.6 Å². The van der Waals surface area contributed by atoms with Gasteiger partial charge in [0.15, 0.2) is 0 Å². The Morgan fingerprint density at radius 2 is 1.07 bits per heavy atom. The minimum atomic E-state index is -0.443. The summed E-state index contributed by atoms with van der Waals surface area (Å²) in [5.74, 6) is -1.66. The number of anilines is 2. The lowest BCUT2D eigenvalue weighted by atomic mass is 10.1. The van der Waals surface area contributed by atoms with Gasteiger partial charge in [-0.1, -0.05) is 38.8 Å². The Hall–Kier alpha value is -3.02. The summed E-state index contributed by atoms with van der Waals surface area (Å²) in [6.07, 6.45) is 7.23. The van der Waals surface area contributed by atoms with Gasteiger partial charge < -0.3 is 0 Å². The first-order valence-electron chi connectivity index (χ1n) is 9.76. The molecule has 0 aromatic heterocycles. The van der Waals surface area contributed by atoms with Crippen molar-refractivity contribution < 1.29 is 19.2 Å². The number of rotatable bonds is 8. The first-order chi connectivity index (χ1) is 13.5. The predicted octanol–water partition coefficient (Wildman–Crippen LogP) is 3.67. The van der Waals surface area contributed by atoms with E-state index in [1.807, 2.05) is 13.8 Å². The number of carbonyl (C=O) groups is 4. The molecule has 3 rings (SSSR count). The van der Waals surface area contributed by atoms with Gasteiger partial charge in [0, 0.05) is 23.3 Å². The van der Waals surface area contributed by atoms with Crippen molar-refractivity contribution in [2.45, 2.75) is 52.4 Å². The SMILES string of the molecule is CCCCC1=CC(=O)N(c2ccccc2N2C(=O)C=C(CCCC)C2=O)C1=O. The van der Waals surface area contributed by atoms with Crippen LogP contribution >= 0.6 is 0 Å². The fourth-order valence-electron chi connectivity index (χ4n) is 3.43. The van der Waals surface area contributed by atoms with E-state index in [0.29, 0.717) is 24.0 Å². The first kappa shape index (κ1) is 19.7. The van der Waals surface area contributed by atoms with E-state index in [2.05, 4.69) is 0 Å². The monoisotopic (exact) mass is 380 g/mol. The number of amides is 4. The molecule has 6 nitrogen and oxygen atoms in total. The number of carbonyl (C=O) groups excluding carboxylic acids is 4. The van der Waals surface area contributed by atoms with Crippen LogP contribution in [0.5, 0.6) is 0 Å².